The summed E-state index contributed by atoms with van der Waals surface area (Å²) in [6, 6.07) is -1.14. The first-order chi connectivity index (χ1) is 8.41. The minimum atomic E-state index is -1.84. The summed E-state index contributed by atoms with van der Waals surface area (Å²) in [5, 5.41) is 0.0807. The number of carbonyl (C=O) groups excluding carboxylic acids is 5. The lowest BCUT2D eigenvalue weighted by Crippen LogP contribution is -2.61. The number of nitrogens with zero attached hydrogens (tertiary/aromatic N) is 2. The molecule has 0 aromatic rings. The van der Waals surface area contributed by atoms with E-state index >= 15 is 0 Å². The Morgan fingerprint density at radius 1 is 1.00 bits per heavy atom. The second-order valence-electron chi connectivity index (χ2n) is 3.37. The number of amides is 4. The van der Waals surface area contributed by atoms with Crippen LogP contribution < -0.4 is 0 Å². The molecular formula is C9H6N2O7. The Kier molecular flexibility index (Phi) is 2.58. The molecule has 1 atom stereocenters. The van der Waals surface area contributed by atoms with Gasteiger partial charge in [-0.1, -0.05) is 5.06 Å². The van der Waals surface area contributed by atoms with Gasteiger partial charge < -0.3 is 9.57 Å². The number of ether oxygens (including phenoxy) is 1. The van der Waals surface area contributed by atoms with Gasteiger partial charge in [0.15, 0.2) is 0 Å². The molecule has 2 aliphatic heterocycles. The van der Waals surface area contributed by atoms with Gasteiger partial charge in [-0.25, -0.2) is 14.4 Å². The van der Waals surface area contributed by atoms with E-state index in [0.29, 0.717) is 17.1 Å². The molecule has 0 aromatic heterocycles. The summed E-state index contributed by atoms with van der Waals surface area (Å²) in [5.41, 5.74) is 0. The van der Waals surface area contributed by atoms with Crippen LogP contribution in [0, 0.1) is 0 Å². The summed E-state index contributed by atoms with van der Waals surface area (Å²) in [4.78, 5) is 62.0. The van der Waals surface area contributed by atoms with Gasteiger partial charge in [0.05, 0.1) is 0 Å². The molecule has 0 N–H and O–H groups in total. The van der Waals surface area contributed by atoms with Gasteiger partial charge in [-0.3, -0.25) is 14.5 Å². The van der Waals surface area contributed by atoms with Crippen LogP contribution in [0.15, 0.2) is 12.2 Å². The highest BCUT2D eigenvalue weighted by atomic mass is 16.7. The molecule has 2 rings (SSSR count). The lowest BCUT2D eigenvalue weighted by molar-refractivity contribution is -0.197. The van der Waals surface area contributed by atoms with Crippen LogP contribution in [0.1, 0.15) is 0 Å². The molecule has 0 radical (unpaired) electrons. The molecule has 9 nitrogen and oxygen atoms in total. The molecule has 0 spiro atoms. The molecule has 18 heavy (non-hydrogen) atoms. The second-order valence-corrected chi connectivity index (χ2v) is 3.37. The van der Waals surface area contributed by atoms with Crippen molar-refractivity contribution in [1.29, 1.82) is 0 Å². The van der Waals surface area contributed by atoms with E-state index in [1.54, 1.807) is 0 Å². The van der Waals surface area contributed by atoms with Crippen molar-refractivity contribution in [1.82, 2.24) is 9.96 Å². The zero-order chi connectivity index (χ0) is 13.4. The molecule has 0 saturated carbocycles. The van der Waals surface area contributed by atoms with Gasteiger partial charge in [0.25, 0.3) is 12.0 Å². The topological polar surface area (TPSA) is 110 Å². The van der Waals surface area contributed by atoms with Gasteiger partial charge in [0.2, 0.25) is 0 Å². The van der Waals surface area contributed by atoms with E-state index in [0.717, 1.165) is 7.05 Å². The van der Waals surface area contributed by atoms with Crippen LogP contribution in [0.2, 0.25) is 0 Å². The second kappa shape index (κ2) is 3.95. The summed E-state index contributed by atoms with van der Waals surface area (Å²) in [6.45, 7) is 0. The maximum absolute atomic E-state index is 11.7. The number of imide groups is 2. The number of urea groups is 1. The molecule has 2 bridgehead atoms. The summed E-state index contributed by atoms with van der Waals surface area (Å²) < 4.78 is 4.54. The van der Waals surface area contributed by atoms with Gasteiger partial charge in [-0.2, -0.15) is 0 Å². The zero-order valence-electron chi connectivity index (χ0n) is 8.98. The van der Waals surface area contributed by atoms with E-state index < -0.39 is 35.9 Å². The number of hydrogen-bond donors (Lipinski definition) is 0. The Hall–Kier alpha value is -2.71. The fourth-order valence-electron chi connectivity index (χ4n) is 1.31. The fraction of sp³-hybridized carbons (Fsp3) is 0.222. The third kappa shape index (κ3) is 1.71. The van der Waals surface area contributed by atoms with Crippen molar-refractivity contribution in [3.8, 4) is 0 Å². The average molecular weight is 254 g/mol. The lowest BCUT2D eigenvalue weighted by Gasteiger charge is -2.31. The van der Waals surface area contributed by atoms with Gasteiger partial charge >= 0.3 is 23.9 Å². The van der Waals surface area contributed by atoms with Crippen LogP contribution in [0.5, 0.6) is 0 Å². The Morgan fingerprint density at radius 2 is 1.61 bits per heavy atom. The predicted molar refractivity (Wildman–Crippen MR) is 50.1 cm³/mol. The summed E-state index contributed by atoms with van der Waals surface area (Å²) in [7, 11) is 1.06. The van der Waals surface area contributed by atoms with Crippen molar-refractivity contribution < 1.29 is 33.5 Å². The quantitative estimate of drug-likeness (QED) is 0.376. The number of hydroxylamine groups is 2. The van der Waals surface area contributed by atoms with E-state index in [1.165, 1.54) is 0 Å². The van der Waals surface area contributed by atoms with Crippen molar-refractivity contribution in [2.45, 2.75) is 6.10 Å². The van der Waals surface area contributed by atoms with Crippen LogP contribution in [-0.2, 0) is 28.8 Å². The first-order valence-corrected chi connectivity index (χ1v) is 4.68. The van der Waals surface area contributed by atoms with Crippen molar-refractivity contribution in [3.05, 3.63) is 12.2 Å². The number of esters is 1. The molecule has 1 saturated heterocycles. The molecule has 4 amide bonds. The van der Waals surface area contributed by atoms with E-state index in [9.17, 15) is 24.0 Å². The molecule has 94 valence electrons. The molecular weight excluding hydrogens is 248 g/mol. The normalized spacial score (nSPS) is 26.1. The van der Waals surface area contributed by atoms with Crippen molar-refractivity contribution in [3.63, 3.8) is 0 Å². The Bertz CT molecular complexity index is 467. The first-order valence-electron chi connectivity index (χ1n) is 4.68. The SMILES string of the molecule is CN1C(=O)C2OC(=O)/C=C/C(=O)ON(C2=O)C1=O. The molecule has 2 heterocycles. The van der Waals surface area contributed by atoms with E-state index in [1.807, 2.05) is 0 Å². The Balaban J connectivity index is 2.45. The van der Waals surface area contributed by atoms with Crippen LogP contribution in [0.3, 0.4) is 0 Å². The van der Waals surface area contributed by atoms with E-state index in [-0.39, 0.29) is 5.06 Å². The van der Waals surface area contributed by atoms with Crippen molar-refractivity contribution >= 4 is 29.8 Å². The molecule has 0 aliphatic carbocycles. The summed E-state index contributed by atoms with van der Waals surface area (Å²) in [5.74, 6) is -4.42. The minimum Gasteiger partial charge on any atom is -0.439 e. The number of hydrogen-bond acceptors (Lipinski definition) is 7. The Labute approximate surface area is 99.5 Å². The molecule has 9 heteroatoms. The number of carbonyl (C=O) groups is 5. The number of fused-ring (bicyclic) bond motifs is 2. The third-order valence-electron chi connectivity index (χ3n) is 2.21. The van der Waals surface area contributed by atoms with Crippen LogP contribution in [0.25, 0.3) is 0 Å². The standard InChI is InChI=1S/C9H6N2O7/c1-10-7(14)6-8(15)11(9(10)16)18-5(13)3-2-4(12)17-6/h2-3,6H,1H3/b3-2+. The number of barbiturate groups is 1. The maximum atomic E-state index is 11.7. The van der Waals surface area contributed by atoms with Gasteiger partial charge in [-0.05, 0) is 0 Å². The largest absolute Gasteiger partial charge is 0.439 e. The maximum Gasteiger partial charge on any atom is 0.367 e. The smallest absolute Gasteiger partial charge is 0.367 e. The Morgan fingerprint density at radius 3 is 2.28 bits per heavy atom. The monoisotopic (exact) mass is 254 g/mol. The summed E-state index contributed by atoms with van der Waals surface area (Å²) in [6.07, 6.45) is -0.473. The van der Waals surface area contributed by atoms with Crippen molar-refractivity contribution in [2.75, 3.05) is 7.05 Å². The van der Waals surface area contributed by atoms with Crippen LogP contribution in [0.4, 0.5) is 4.79 Å². The highest BCUT2D eigenvalue weighted by molar-refractivity contribution is 6.18. The van der Waals surface area contributed by atoms with E-state index in [4.69, 9.17) is 0 Å². The molecule has 1 unspecified atom stereocenters. The first kappa shape index (κ1) is 11.8. The number of likely N-dealkylation sites (N-methyl/N-ethyl adjacent to an activating group) is 1. The lowest BCUT2D eigenvalue weighted by atomic mass is 10.2. The fourth-order valence-corrected chi connectivity index (χ4v) is 1.31. The van der Waals surface area contributed by atoms with Gasteiger partial charge in [0, 0.05) is 19.2 Å². The zero-order valence-corrected chi connectivity index (χ0v) is 8.98. The van der Waals surface area contributed by atoms with Gasteiger partial charge in [-0.15, -0.1) is 0 Å². The van der Waals surface area contributed by atoms with Gasteiger partial charge in [0.1, 0.15) is 0 Å². The van der Waals surface area contributed by atoms with Crippen LogP contribution >= 0.6 is 0 Å². The van der Waals surface area contributed by atoms with Crippen LogP contribution in [-0.4, -0.2) is 52.9 Å². The third-order valence-corrected chi connectivity index (χ3v) is 2.21. The van der Waals surface area contributed by atoms with E-state index in [2.05, 4.69) is 9.57 Å². The average Bonchev–Trinajstić information content (AvgIpc) is 2.38. The van der Waals surface area contributed by atoms with Crippen molar-refractivity contribution in [2.24, 2.45) is 0 Å². The minimum absolute atomic E-state index is 0.0807. The molecule has 1 fully saturated rings. The highest BCUT2D eigenvalue weighted by Gasteiger charge is 2.49. The number of rotatable bonds is 0. The summed E-state index contributed by atoms with van der Waals surface area (Å²) >= 11 is 0. The predicted octanol–water partition coefficient (Wildman–Crippen LogP) is -1.65. The molecule has 0 aromatic carbocycles. The highest BCUT2D eigenvalue weighted by Crippen LogP contribution is 2.16. The molecule has 2 aliphatic rings.